The molecule has 0 unspecified atom stereocenters. The van der Waals surface area contributed by atoms with Crippen LogP contribution in [-0.4, -0.2) is 165 Å². The molecule has 26 nitrogen and oxygen atoms in total. The van der Waals surface area contributed by atoms with Crippen molar-refractivity contribution < 1.29 is 53.1 Å². The minimum Gasteiger partial charge on any atom is -0.481 e. The Balaban J connectivity index is 1.70. The molecule has 0 saturated carbocycles. The molecule has 9 amide bonds. The molecule has 2 aromatic rings. The normalized spacial score (nSPS) is 24.0. The third kappa shape index (κ3) is 18.6. The third-order valence-corrected chi connectivity index (χ3v) is 13.7. The highest BCUT2D eigenvalue weighted by molar-refractivity contribution is 8.76. The molecule has 28 heteroatoms. The molecule has 0 aromatic carbocycles. The van der Waals surface area contributed by atoms with Crippen molar-refractivity contribution in [3.05, 3.63) is 60.2 Å². The number of carboxylic acid groups (broad SMARTS) is 1. The zero-order valence-corrected chi connectivity index (χ0v) is 41.4. The number of aliphatic imine (C=N–C) groups is 1. The number of amides is 9. The predicted octanol–water partition coefficient (Wildman–Crippen LogP) is -4.33. The fourth-order valence-corrected chi connectivity index (χ4v) is 9.74. The van der Waals surface area contributed by atoms with Crippen molar-refractivity contribution in [2.75, 3.05) is 31.1 Å². The third-order valence-electron chi connectivity index (χ3n) is 11.3. The lowest BCUT2D eigenvalue weighted by atomic mass is 10.0. The average Bonchev–Trinajstić information content (AvgIpc) is 3.84. The van der Waals surface area contributed by atoms with Crippen LogP contribution in [0.4, 0.5) is 0 Å². The summed E-state index contributed by atoms with van der Waals surface area (Å²) < 4.78 is 0. The van der Waals surface area contributed by atoms with E-state index in [1.807, 2.05) is 0 Å². The molecule has 2 fully saturated rings. The molecular weight excluding hydrogens is 979 g/mol. The topological polar surface area (TPSA) is 421 Å². The maximum Gasteiger partial charge on any atom is 0.305 e. The maximum absolute atomic E-state index is 14.4. The number of nitrogens with zero attached hydrogens (tertiary/aromatic N) is 4. The molecule has 2 aromatic heterocycles. The number of pyridine rings is 2. The Hall–Kier alpha value is -7.07. The fourth-order valence-electron chi connectivity index (χ4n) is 7.46. The molecule has 2 aliphatic rings. The van der Waals surface area contributed by atoms with E-state index in [-0.39, 0.29) is 62.7 Å². The van der Waals surface area contributed by atoms with Crippen LogP contribution in [0.3, 0.4) is 0 Å². The average molecular weight is 1040 g/mol. The van der Waals surface area contributed by atoms with Gasteiger partial charge >= 0.3 is 5.97 Å². The van der Waals surface area contributed by atoms with Gasteiger partial charge in [-0.05, 0) is 54.9 Å². The predicted molar refractivity (Wildman–Crippen MR) is 264 cm³/mol. The smallest absolute Gasteiger partial charge is 0.305 e. The first-order valence-electron chi connectivity index (χ1n) is 23.0. The largest absolute Gasteiger partial charge is 0.481 e. The van der Waals surface area contributed by atoms with Crippen molar-refractivity contribution in [3.63, 3.8) is 0 Å². The van der Waals surface area contributed by atoms with Crippen LogP contribution in [0.15, 0.2) is 54.0 Å². The molecule has 2 saturated heterocycles. The Morgan fingerprint density at radius 1 is 0.819 bits per heavy atom. The number of nitrogens with two attached hydrogens (primary N) is 4. The molecule has 0 spiro atoms. The van der Waals surface area contributed by atoms with Gasteiger partial charge in [0.25, 0.3) is 0 Å². The van der Waals surface area contributed by atoms with Crippen molar-refractivity contribution in [3.8, 4) is 0 Å². The van der Waals surface area contributed by atoms with Gasteiger partial charge in [0.2, 0.25) is 53.2 Å². The number of rotatable bonds is 14. The van der Waals surface area contributed by atoms with Crippen molar-refractivity contribution >= 4 is 86.7 Å². The van der Waals surface area contributed by atoms with Crippen molar-refractivity contribution in [2.45, 2.75) is 107 Å². The lowest BCUT2D eigenvalue weighted by molar-refractivity contribution is -0.142. The molecule has 0 aliphatic carbocycles. The highest BCUT2D eigenvalue weighted by Gasteiger charge is 2.38. The van der Waals surface area contributed by atoms with E-state index in [2.05, 4.69) is 52.2 Å². The van der Waals surface area contributed by atoms with E-state index in [1.165, 1.54) is 29.7 Å². The second-order valence-corrected chi connectivity index (χ2v) is 19.8. The molecule has 2 aliphatic heterocycles. The Morgan fingerprint density at radius 3 is 2.07 bits per heavy atom. The Kier molecular flexibility index (Phi) is 22.9. The first-order valence-corrected chi connectivity index (χ1v) is 25.5. The van der Waals surface area contributed by atoms with Crippen LogP contribution < -0.4 is 60.2 Å². The Bertz CT molecular complexity index is 2280. The minimum absolute atomic E-state index is 0.0250. The van der Waals surface area contributed by atoms with Crippen molar-refractivity contribution in [1.82, 2.24) is 52.1 Å². The monoisotopic (exact) mass is 1040 g/mol. The molecule has 72 heavy (non-hydrogen) atoms. The van der Waals surface area contributed by atoms with Crippen molar-refractivity contribution in [2.24, 2.45) is 33.8 Å². The van der Waals surface area contributed by atoms with Gasteiger partial charge in [0.1, 0.15) is 42.3 Å². The van der Waals surface area contributed by atoms with Crippen LogP contribution >= 0.6 is 21.6 Å². The number of primary amides is 1. The number of aliphatic carboxylic acids is 1. The van der Waals surface area contributed by atoms with E-state index in [0.29, 0.717) is 17.5 Å². The molecule has 8 atom stereocenters. The number of hydrogen-bond acceptors (Lipinski definition) is 16. The Labute approximate surface area is 422 Å². The summed E-state index contributed by atoms with van der Waals surface area (Å²) in [6.45, 7) is 2.67. The van der Waals surface area contributed by atoms with Crippen LogP contribution in [0.5, 0.6) is 0 Å². The van der Waals surface area contributed by atoms with Crippen LogP contribution in [0, 0.1) is 5.92 Å². The lowest BCUT2D eigenvalue weighted by Crippen LogP contribution is -2.60. The van der Waals surface area contributed by atoms with Gasteiger partial charge in [-0.2, -0.15) is 0 Å². The van der Waals surface area contributed by atoms with E-state index in [9.17, 15) is 53.1 Å². The summed E-state index contributed by atoms with van der Waals surface area (Å²) in [4.78, 5) is 149. The quantitative estimate of drug-likeness (QED) is 0.0368. The summed E-state index contributed by atoms with van der Waals surface area (Å²) in [6.07, 6.45) is 5.51. The number of nitrogens with one attached hydrogen (secondary N) is 7. The van der Waals surface area contributed by atoms with Gasteiger partial charge in [-0.3, -0.25) is 62.9 Å². The van der Waals surface area contributed by atoms with Crippen molar-refractivity contribution in [1.29, 1.82) is 0 Å². The first kappa shape index (κ1) is 57.5. The van der Waals surface area contributed by atoms with Gasteiger partial charge in [0.15, 0.2) is 5.96 Å². The molecule has 4 heterocycles. The standard InChI is InChI=1S/C44H63N15O11S2/c1-23(2)35-43(70)52-20-33(60)59-14-6-10-32(59)42(69)56-29(16-25-8-4-12-50-19-25)39(66)57-31(41(68)54-28(36(46)63)15-24-7-3-11-49-18-24)22-72-71-21-26(45)37(64)53-27(9-5-13-51-44(47)48)38(65)55-30(17-34(61)62)40(67)58-35/h3-4,7-8,11-12,18-19,23,26-32,35H,5-6,9-10,13-17,20-22,45H2,1-2H3,(H2,46,63)(H,52,70)(H,53,64)(H,54,68)(H,55,65)(H,56,69)(H,57,66)(H,58,67)(H,61,62)(H4,47,48,51)/t26-,27-,28-,29-,30-,31-,32-,35-/m0/s1. The SMILES string of the molecule is CC(C)[C@@H]1NC(=O)[C@H](CC(=O)O)NC(=O)[C@H](CCCN=C(N)N)NC(=O)[C@@H](N)CSSC[C@@H](C(=O)N[C@@H](Cc2cccnc2)C(N)=O)NC(=O)[C@H](Cc2cccnc2)NC(=O)[C@@H]2CCCN2C(=O)CNC1=O. The molecule has 392 valence electrons. The van der Waals surface area contributed by atoms with Gasteiger partial charge in [-0.1, -0.05) is 47.6 Å². The minimum atomic E-state index is -1.76. The number of carbonyl (C=O) groups excluding carboxylic acids is 9. The van der Waals surface area contributed by atoms with Gasteiger partial charge in [-0.25, -0.2) is 0 Å². The summed E-state index contributed by atoms with van der Waals surface area (Å²) in [5.74, 6) is -10.3. The molecular formula is C44H63N15O11S2. The second-order valence-electron chi connectivity index (χ2n) is 17.3. The van der Waals surface area contributed by atoms with E-state index < -0.39 is 126 Å². The van der Waals surface area contributed by atoms with E-state index in [1.54, 1.807) is 38.1 Å². The molecule has 16 N–H and O–H groups in total. The number of fused-ring (bicyclic) bond motifs is 1. The van der Waals surface area contributed by atoms with E-state index in [0.717, 1.165) is 21.6 Å². The summed E-state index contributed by atoms with van der Waals surface area (Å²) >= 11 is 0. The lowest BCUT2D eigenvalue weighted by Gasteiger charge is -2.29. The maximum atomic E-state index is 14.4. The summed E-state index contributed by atoms with van der Waals surface area (Å²) in [5.41, 5.74) is 24.0. The number of aromatic nitrogens is 2. The highest BCUT2D eigenvalue weighted by Crippen LogP contribution is 2.24. The van der Waals surface area contributed by atoms with Gasteiger partial charge in [0, 0.05) is 62.2 Å². The summed E-state index contributed by atoms with van der Waals surface area (Å²) in [6, 6.07) is -4.31. The molecule has 0 bridgehead atoms. The first-order chi connectivity index (χ1) is 34.2. The molecule has 0 radical (unpaired) electrons. The number of carboxylic acids is 1. The number of hydrogen-bond donors (Lipinski definition) is 12. The van der Waals surface area contributed by atoms with Crippen LogP contribution in [0.25, 0.3) is 0 Å². The number of carbonyl (C=O) groups is 10. The van der Waals surface area contributed by atoms with Crippen LogP contribution in [-0.2, 0) is 60.8 Å². The highest BCUT2D eigenvalue weighted by atomic mass is 33.1. The van der Waals surface area contributed by atoms with Gasteiger partial charge < -0.3 is 70.2 Å². The summed E-state index contributed by atoms with van der Waals surface area (Å²) in [7, 11) is 2.03. The zero-order valence-electron chi connectivity index (χ0n) is 39.7. The Morgan fingerprint density at radius 2 is 1.44 bits per heavy atom. The summed E-state index contributed by atoms with van der Waals surface area (Å²) in [5, 5.41) is 27.6. The van der Waals surface area contributed by atoms with E-state index in [4.69, 9.17) is 22.9 Å². The molecule has 4 rings (SSSR count). The zero-order chi connectivity index (χ0) is 52.9. The second kappa shape index (κ2) is 28.7. The van der Waals surface area contributed by atoms with Crippen LogP contribution in [0.1, 0.15) is 57.1 Å². The van der Waals surface area contributed by atoms with Crippen LogP contribution in [0.2, 0.25) is 0 Å². The number of guanidine groups is 1. The van der Waals surface area contributed by atoms with E-state index >= 15 is 0 Å². The van der Waals surface area contributed by atoms with Gasteiger partial charge in [0.05, 0.1) is 19.0 Å². The fraction of sp³-hybridized carbons (Fsp3) is 0.523. The van der Waals surface area contributed by atoms with Gasteiger partial charge in [-0.15, -0.1) is 0 Å².